The second-order valence-electron chi connectivity index (χ2n) is 10.2. The highest BCUT2D eigenvalue weighted by Crippen LogP contribution is 2.35. The van der Waals surface area contributed by atoms with Gasteiger partial charge >= 0.3 is 6.03 Å². The van der Waals surface area contributed by atoms with Crippen molar-refractivity contribution in [2.45, 2.75) is 25.4 Å². The molecule has 1 saturated heterocycles. The highest BCUT2D eigenvalue weighted by Gasteiger charge is 2.36. The number of piperidine rings is 1. The fourth-order valence-electron chi connectivity index (χ4n) is 5.65. The fraction of sp³-hybridized carbons (Fsp3) is 0.258. The molecule has 6 rings (SSSR count). The van der Waals surface area contributed by atoms with E-state index in [-0.39, 0.29) is 23.4 Å². The Morgan fingerprint density at radius 1 is 0.974 bits per heavy atom. The molecule has 2 amide bonds. The van der Waals surface area contributed by atoms with Crippen LogP contribution in [0.4, 0.5) is 16.2 Å². The highest BCUT2D eigenvalue weighted by molar-refractivity contribution is 5.89. The molecular weight excluding hydrogens is 490 g/mol. The van der Waals surface area contributed by atoms with Gasteiger partial charge in [-0.1, -0.05) is 30.3 Å². The van der Waals surface area contributed by atoms with Gasteiger partial charge in [0, 0.05) is 55.2 Å². The molecule has 0 saturated carbocycles. The Labute approximate surface area is 227 Å². The van der Waals surface area contributed by atoms with Crippen molar-refractivity contribution >= 4 is 17.4 Å². The quantitative estimate of drug-likeness (QED) is 0.365. The van der Waals surface area contributed by atoms with Crippen molar-refractivity contribution in [1.82, 2.24) is 14.5 Å². The number of hydrogen-bond donors (Lipinski definition) is 2. The summed E-state index contributed by atoms with van der Waals surface area (Å²) in [7, 11) is 1.62. The standard InChI is InChI=1S/C31H31N5O3/c1-39-26-11-9-25(10-12-26)34-31(38)35-18-22-16-24(20-35)29-14-13-28(30(37)36(29)19-22)33-17-21-5-7-23(8-6-21)27-4-2-3-15-32-27/h2-15,22,24,33H,16-20H2,1H3,(H,34,38)/t22-,24+/m0/s1. The number of urea groups is 1. The summed E-state index contributed by atoms with van der Waals surface area (Å²) in [5, 5.41) is 6.33. The maximum atomic E-state index is 13.4. The molecule has 4 aromatic rings. The van der Waals surface area contributed by atoms with Crippen LogP contribution in [0.3, 0.4) is 0 Å². The van der Waals surface area contributed by atoms with E-state index in [1.54, 1.807) is 13.3 Å². The number of benzene rings is 2. The molecule has 2 aliphatic rings. The lowest BCUT2D eigenvalue weighted by atomic mass is 9.83. The summed E-state index contributed by atoms with van der Waals surface area (Å²) >= 11 is 0. The second-order valence-corrected chi connectivity index (χ2v) is 10.2. The summed E-state index contributed by atoms with van der Waals surface area (Å²) in [5.41, 5.74) is 5.43. The Balaban J connectivity index is 1.11. The first-order chi connectivity index (χ1) is 19.1. The van der Waals surface area contributed by atoms with Crippen LogP contribution in [0, 0.1) is 5.92 Å². The van der Waals surface area contributed by atoms with Crippen LogP contribution in [0.15, 0.2) is 89.9 Å². The number of carbonyl (C=O) groups excluding carboxylic acids is 1. The number of fused-ring (bicyclic) bond motifs is 4. The number of amides is 2. The van der Waals surface area contributed by atoms with E-state index in [2.05, 4.69) is 39.9 Å². The molecule has 1 fully saturated rings. The molecule has 2 atom stereocenters. The Morgan fingerprint density at radius 2 is 1.79 bits per heavy atom. The lowest BCUT2D eigenvalue weighted by molar-refractivity contribution is 0.139. The van der Waals surface area contributed by atoms with Gasteiger partial charge in [-0.25, -0.2) is 4.79 Å². The van der Waals surface area contributed by atoms with Crippen LogP contribution >= 0.6 is 0 Å². The number of ether oxygens (including phenoxy) is 1. The minimum absolute atomic E-state index is 0.00319. The van der Waals surface area contributed by atoms with E-state index in [1.807, 2.05) is 64.1 Å². The van der Waals surface area contributed by atoms with Crippen LogP contribution in [-0.2, 0) is 13.1 Å². The fourth-order valence-corrected chi connectivity index (χ4v) is 5.65. The van der Waals surface area contributed by atoms with Gasteiger partial charge in [0.2, 0.25) is 0 Å². The molecule has 2 bridgehead atoms. The molecule has 4 heterocycles. The number of likely N-dealkylation sites (tertiary alicyclic amines) is 1. The molecule has 2 aromatic carbocycles. The van der Waals surface area contributed by atoms with E-state index in [0.717, 1.165) is 40.4 Å². The molecule has 0 radical (unpaired) electrons. The summed E-state index contributed by atoms with van der Waals surface area (Å²) in [6.45, 7) is 2.40. The number of methoxy groups -OCH3 is 1. The van der Waals surface area contributed by atoms with Crippen LogP contribution < -0.4 is 20.9 Å². The molecule has 8 heteroatoms. The number of rotatable bonds is 6. The minimum atomic E-state index is -0.113. The minimum Gasteiger partial charge on any atom is -0.497 e. The van der Waals surface area contributed by atoms with Crippen LogP contribution in [0.2, 0.25) is 0 Å². The van der Waals surface area contributed by atoms with Gasteiger partial charge in [-0.3, -0.25) is 9.78 Å². The number of nitrogens with one attached hydrogen (secondary N) is 2. The van der Waals surface area contributed by atoms with Gasteiger partial charge < -0.3 is 24.8 Å². The zero-order valence-corrected chi connectivity index (χ0v) is 21.8. The zero-order chi connectivity index (χ0) is 26.8. The molecular formula is C31H31N5O3. The van der Waals surface area contributed by atoms with E-state index in [9.17, 15) is 9.59 Å². The maximum absolute atomic E-state index is 13.4. The maximum Gasteiger partial charge on any atom is 0.321 e. The Hall–Kier alpha value is -4.59. The first kappa shape index (κ1) is 24.7. The lowest BCUT2D eigenvalue weighted by Crippen LogP contribution is -2.50. The molecule has 198 valence electrons. The van der Waals surface area contributed by atoms with E-state index in [0.29, 0.717) is 31.9 Å². The lowest BCUT2D eigenvalue weighted by Gasteiger charge is -2.42. The Morgan fingerprint density at radius 3 is 2.54 bits per heavy atom. The van der Waals surface area contributed by atoms with Gasteiger partial charge in [0.25, 0.3) is 5.56 Å². The van der Waals surface area contributed by atoms with Crippen molar-refractivity contribution in [3.05, 3.63) is 107 Å². The van der Waals surface area contributed by atoms with E-state index in [4.69, 9.17) is 4.74 Å². The largest absolute Gasteiger partial charge is 0.497 e. The third kappa shape index (κ3) is 5.23. The van der Waals surface area contributed by atoms with Crippen molar-refractivity contribution in [1.29, 1.82) is 0 Å². The molecule has 0 spiro atoms. The third-order valence-electron chi connectivity index (χ3n) is 7.63. The normalized spacial score (nSPS) is 17.7. The van der Waals surface area contributed by atoms with Gasteiger partial charge in [-0.15, -0.1) is 0 Å². The van der Waals surface area contributed by atoms with E-state index in [1.165, 1.54) is 0 Å². The second kappa shape index (κ2) is 10.6. The monoisotopic (exact) mass is 521 g/mol. The molecule has 2 N–H and O–H groups in total. The van der Waals surface area contributed by atoms with Gasteiger partial charge in [0.05, 0.1) is 12.8 Å². The van der Waals surface area contributed by atoms with Crippen molar-refractivity contribution < 1.29 is 9.53 Å². The molecule has 2 aliphatic heterocycles. The predicted octanol–water partition coefficient (Wildman–Crippen LogP) is 5.18. The van der Waals surface area contributed by atoms with Gasteiger partial charge in [-0.2, -0.15) is 0 Å². The average Bonchev–Trinajstić information content (AvgIpc) is 2.98. The molecule has 39 heavy (non-hydrogen) atoms. The third-order valence-corrected chi connectivity index (χ3v) is 7.63. The molecule has 0 unspecified atom stereocenters. The van der Waals surface area contributed by atoms with Crippen molar-refractivity contribution in [2.24, 2.45) is 5.92 Å². The number of carbonyl (C=O) groups is 1. The van der Waals surface area contributed by atoms with E-state index < -0.39 is 0 Å². The topological polar surface area (TPSA) is 88.5 Å². The molecule has 8 nitrogen and oxygen atoms in total. The number of hydrogen-bond acceptors (Lipinski definition) is 5. The summed E-state index contributed by atoms with van der Waals surface area (Å²) < 4.78 is 7.10. The van der Waals surface area contributed by atoms with Crippen molar-refractivity contribution in [3.63, 3.8) is 0 Å². The predicted molar refractivity (Wildman–Crippen MR) is 152 cm³/mol. The number of pyridine rings is 2. The van der Waals surface area contributed by atoms with Crippen LogP contribution in [-0.4, -0.2) is 40.7 Å². The number of aromatic nitrogens is 2. The zero-order valence-electron chi connectivity index (χ0n) is 21.8. The van der Waals surface area contributed by atoms with E-state index >= 15 is 0 Å². The summed E-state index contributed by atoms with van der Waals surface area (Å²) in [4.78, 5) is 32.7. The first-order valence-electron chi connectivity index (χ1n) is 13.3. The van der Waals surface area contributed by atoms with Gasteiger partial charge in [0.15, 0.2) is 0 Å². The highest BCUT2D eigenvalue weighted by atomic mass is 16.5. The van der Waals surface area contributed by atoms with Crippen LogP contribution in [0.1, 0.15) is 23.6 Å². The number of anilines is 2. The first-order valence-corrected chi connectivity index (χ1v) is 13.3. The van der Waals surface area contributed by atoms with Crippen molar-refractivity contribution in [2.75, 3.05) is 30.8 Å². The summed E-state index contributed by atoms with van der Waals surface area (Å²) in [6, 6.07) is 25.2. The smallest absolute Gasteiger partial charge is 0.321 e. The van der Waals surface area contributed by atoms with Crippen molar-refractivity contribution in [3.8, 4) is 17.0 Å². The van der Waals surface area contributed by atoms with Crippen LogP contribution in [0.5, 0.6) is 5.75 Å². The molecule has 0 aliphatic carbocycles. The Bertz CT molecular complexity index is 1520. The summed E-state index contributed by atoms with van der Waals surface area (Å²) in [5.74, 6) is 1.12. The van der Waals surface area contributed by atoms with Crippen LogP contribution in [0.25, 0.3) is 11.3 Å². The number of nitrogens with zero attached hydrogens (tertiary/aromatic N) is 3. The Kier molecular flexibility index (Phi) is 6.75. The van der Waals surface area contributed by atoms with Gasteiger partial charge in [-0.05, 0) is 66.4 Å². The molecule has 2 aromatic heterocycles. The van der Waals surface area contributed by atoms with Gasteiger partial charge in [0.1, 0.15) is 11.4 Å². The SMILES string of the molecule is COc1ccc(NC(=O)N2C[C@@H]3C[C@H](C2)c2ccc(NCc4ccc(-c5ccccn5)cc4)c(=O)n2C3)cc1. The summed E-state index contributed by atoms with van der Waals surface area (Å²) in [6.07, 6.45) is 2.78. The average molecular weight is 522 g/mol.